The van der Waals surface area contributed by atoms with Crippen LogP contribution in [0.1, 0.15) is 53.4 Å². The Morgan fingerprint density at radius 3 is 2.73 bits per heavy atom. The van der Waals surface area contributed by atoms with Gasteiger partial charge in [-0.2, -0.15) is 0 Å². The van der Waals surface area contributed by atoms with Gasteiger partial charge in [-0.3, -0.25) is 4.79 Å². The third-order valence-electron chi connectivity index (χ3n) is 5.01. The van der Waals surface area contributed by atoms with Crippen LogP contribution in [-0.2, 0) is 4.79 Å². The van der Waals surface area contributed by atoms with Crippen molar-refractivity contribution >= 4 is 5.78 Å². The van der Waals surface area contributed by atoms with E-state index < -0.39 is 0 Å². The van der Waals surface area contributed by atoms with Crippen LogP contribution >= 0.6 is 0 Å². The lowest BCUT2D eigenvalue weighted by Crippen LogP contribution is -2.63. The molecule has 0 spiro atoms. The lowest BCUT2D eigenvalue weighted by atomic mass is 9.40. The standard InChI is InChI=1S/C14H22O/c1-5-7-14(4)12(15)11-9-10(2)6-8-13(11,14)3/h9,11H,5-8H2,1-4H3/t11-,13-,14-/m0/s1. The number of hydrogen-bond acceptors (Lipinski definition) is 1. The highest BCUT2D eigenvalue weighted by atomic mass is 16.1. The number of ketones is 1. The van der Waals surface area contributed by atoms with Crippen molar-refractivity contribution in [3.8, 4) is 0 Å². The second-order valence-electron chi connectivity index (χ2n) is 5.85. The summed E-state index contributed by atoms with van der Waals surface area (Å²) in [5.41, 5.74) is 1.62. The number of rotatable bonds is 2. The number of allylic oxidation sites excluding steroid dienone is 2. The summed E-state index contributed by atoms with van der Waals surface area (Å²) in [7, 11) is 0. The fourth-order valence-corrected chi connectivity index (χ4v) is 3.60. The molecule has 2 aliphatic rings. The summed E-state index contributed by atoms with van der Waals surface area (Å²) in [5, 5.41) is 0. The molecule has 0 aromatic carbocycles. The normalized spacial score (nSPS) is 44.4. The predicted molar refractivity (Wildman–Crippen MR) is 62.6 cm³/mol. The van der Waals surface area contributed by atoms with Gasteiger partial charge in [0.15, 0.2) is 0 Å². The van der Waals surface area contributed by atoms with Gasteiger partial charge in [0.05, 0.1) is 0 Å². The molecule has 3 atom stereocenters. The summed E-state index contributed by atoms with van der Waals surface area (Å²) in [6, 6.07) is 0. The molecule has 0 heterocycles. The molecule has 0 saturated heterocycles. The van der Waals surface area contributed by atoms with E-state index in [9.17, 15) is 4.79 Å². The minimum absolute atomic E-state index is 0.0381. The molecule has 0 bridgehead atoms. The maximum Gasteiger partial charge on any atom is 0.146 e. The van der Waals surface area contributed by atoms with Gasteiger partial charge in [-0.15, -0.1) is 0 Å². The summed E-state index contributed by atoms with van der Waals surface area (Å²) < 4.78 is 0. The van der Waals surface area contributed by atoms with Gasteiger partial charge >= 0.3 is 0 Å². The first-order valence-corrected chi connectivity index (χ1v) is 6.17. The van der Waals surface area contributed by atoms with Crippen molar-refractivity contribution in [2.75, 3.05) is 0 Å². The van der Waals surface area contributed by atoms with E-state index in [-0.39, 0.29) is 16.7 Å². The molecule has 15 heavy (non-hydrogen) atoms. The fourth-order valence-electron chi connectivity index (χ4n) is 3.60. The first-order chi connectivity index (χ1) is 6.95. The number of Topliss-reactive ketones (excluding diaryl/α,β-unsaturated/α-hetero) is 1. The lowest BCUT2D eigenvalue weighted by molar-refractivity contribution is -0.171. The quantitative estimate of drug-likeness (QED) is 0.629. The van der Waals surface area contributed by atoms with Crippen molar-refractivity contribution in [1.29, 1.82) is 0 Å². The Kier molecular flexibility index (Phi) is 2.33. The molecule has 2 rings (SSSR count). The molecule has 0 aliphatic heterocycles. The van der Waals surface area contributed by atoms with E-state index in [1.54, 1.807) is 0 Å². The van der Waals surface area contributed by atoms with E-state index in [4.69, 9.17) is 0 Å². The highest BCUT2D eigenvalue weighted by Gasteiger charge is 2.65. The molecule has 1 nitrogen and oxygen atoms in total. The molecule has 84 valence electrons. The van der Waals surface area contributed by atoms with Gasteiger partial charge in [-0.05, 0) is 31.6 Å². The zero-order chi connectivity index (χ0) is 11.3. The Hall–Kier alpha value is -0.590. The van der Waals surface area contributed by atoms with Gasteiger partial charge < -0.3 is 0 Å². The van der Waals surface area contributed by atoms with E-state index in [0.29, 0.717) is 5.78 Å². The van der Waals surface area contributed by atoms with Gasteiger partial charge in [0, 0.05) is 11.3 Å². The van der Waals surface area contributed by atoms with Crippen LogP contribution in [0.5, 0.6) is 0 Å². The smallest absolute Gasteiger partial charge is 0.146 e. The minimum Gasteiger partial charge on any atom is -0.298 e. The third-order valence-corrected chi connectivity index (χ3v) is 5.01. The number of carbonyl (C=O) groups is 1. The second-order valence-corrected chi connectivity index (χ2v) is 5.85. The Labute approximate surface area is 92.9 Å². The monoisotopic (exact) mass is 206 g/mol. The number of carbonyl (C=O) groups excluding carboxylic acids is 1. The van der Waals surface area contributed by atoms with Gasteiger partial charge in [0.2, 0.25) is 0 Å². The first kappa shape index (κ1) is 10.9. The summed E-state index contributed by atoms with van der Waals surface area (Å²) >= 11 is 0. The molecule has 0 radical (unpaired) electrons. The van der Waals surface area contributed by atoms with Crippen LogP contribution in [0.3, 0.4) is 0 Å². The van der Waals surface area contributed by atoms with Gasteiger partial charge in [0.1, 0.15) is 5.78 Å². The summed E-state index contributed by atoms with van der Waals surface area (Å²) in [5.74, 6) is 0.716. The average molecular weight is 206 g/mol. The summed E-state index contributed by atoms with van der Waals surface area (Å²) in [6.45, 7) is 8.84. The van der Waals surface area contributed by atoms with Crippen molar-refractivity contribution in [3.05, 3.63) is 11.6 Å². The average Bonchev–Trinajstić information content (AvgIpc) is 2.21. The van der Waals surface area contributed by atoms with Crippen LogP contribution in [0.2, 0.25) is 0 Å². The van der Waals surface area contributed by atoms with E-state index in [1.807, 2.05) is 0 Å². The predicted octanol–water partition coefficient (Wildman–Crippen LogP) is 3.74. The third kappa shape index (κ3) is 1.18. The lowest BCUT2D eigenvalue weighted by Gasteiger charge is -2.61. The highest BCUT2D eigenvalue weighted by Crippen LogP contribution is 2.64. The molecule has 1 heteroatoms. The molecule has 0 aromatic heterocycles. The van der Waals surface area contributed by atoms with Crippen LogP contribution < -0.4 is 0 Å². The van der Waals surface area contributed by atoms with Crippen LogP contribution in [-0.4, -0.2) is 5.78 Å². The van der Waals surface area contributed by atoms with Crippen LogP contribution in [0.4, 0.5) is 0 Å². The van der Waals surface area contributed by atoms with Crippen LogP contribution in [0, 0.1) is 16.7 Å². The van der Waals surface area contributed by atoms with Crippen molar-refractivity contribution in [2.45, 2.75) is 53.4 Å². The molecule has 2 aliphatic carbocycles. The zero-order valence-corrected chi connectivity index (χ0v) is 10.4. The van der Waals surface area contributed by atoms with Gasteiger partial charge in [-0.1, -0.05) is 38.8 Å². The van der Waals surface area contributed by atoms with Crippen molar-refractivity contribution < 1.29 is 4.79 Å². The summed E-state index contributed by atoms with van der Waals surface area (Å²) in [6.07, 6.45) is 6.78. The van der Waals surface area contributed by atoms with E-state index in [1.165, 1.54) is 18.4 Å². The zero-order valence-electron chi connectivity index (χ0n) is 10.4. The molecular formula is C14H22O. The number of hydrogen-bond donors (Lipinski definition) is 0. The SMILES string of the molecule is CCC[C@@]1(C)C(=O)[C@@H]2C=C(C)CC[C@@]21C. The van der Waals surface area contributed by atoms with Crippen LogP contribution in [0.25, 0.3) is 0 Å². The first-order valence-electron chi connectivity index (χ1n) is 6.17. The highest BCUT2D eigenvalue weighted by molar-refractivity contribution is 5.96. The number of fused-ring (bicyclic) bond motifs is 1. The molecule has 1 saturated carbocycles. The maximum absolute atomic E-state index is 12.2. The largest absolute Gasteiger partial charge is 0.298 e. The Balaban J connectivity index is 2.31. The van der Waals surface area contributed by atoms with Crippen molar-refractivity contribution in [1.82, 2.24) is 0 Å². The van der Waals surface area contributed by atoms with Crippen molar-refractivity contribution in [2.24, 2.45) is 16.7 Å². The Morgan fingerprint density at radius 2 is 2.13 bits per heavy atom. The minimum atomic E-state index is -0.0381. The Bertz CT molecular complexity index is 328. The van der Waals surface area contributed by atoms with E-state index in [0.717, 1.165) is 12.8 Å². The Morgan fingerprint density at radius 1 is 1.47 bits per heavy atom. The maximum atomic E-state index is 12.2. The van der Waals surface area contributed by atoms with Gasteiger partial charge in [0.25, 0.3) is 0 Å². The molecule has 0 unspecified atom stereocenters. The van der Waals surface area contributed by atoms with Crippen LogP contribution in [0.15, 0.2) is 11.6 Å². The van der Waals surface area contributed by atoms with E-state index in [2.05, 4.69) is 33.8 Å². The fraction of sp³-hybridized carbons (Fsp3) is 0.786. The molecule has 0 aromatic rings. The molecule has 0 amide bonds. The van der Waals surface area contributed by atoms with E-state index >= 15 is 0 Å². The molecular weight excluding hydrogens is 184 g/mol. The van der Waals surface area contributed by atoms with Crippen molar-refractivity contribution in [3.63, 3.8) is 0 Å². The topological polar surface area (TPSA) is 17.1 Å². The summed E-state index contributed by atoms with van der Waals surface area (Å²) in [4.78, 5) is 12.2. The van der Waals surface area contributed by atoms with Gasteiger partial charge in [-0.25, -0.2) is 0 Å². The molecule has 1 fully saturated rings. The second kappa shape index (κ2) is 3.20. The molecule has 0 N–H and O–H groups in total.